The van der Waals surface area contributed by atoms with E-state index in [0.717, 1.165) is 4.88 Å². The number of aryl methyl sites for hydroxylation is 1. The smallest absolute Gasteiger partial charge is 0.355 e. The Balaban J connectivity index is 1.98. The summed E-state index contributed by atoms with van der Waals surface area (Å²) in [6, 6.07) is 3.85. The third-order valence-electron chi connectivity index (χ3n) is 3.85. The number of H-pyrrole nitrogens is 1. The number of hydrogen-bond donors (Lipinski definition) is 1. The van der Waals surface area contributed by atoms with Crippen LogP contribution < -0.4 is 0 Å². The number of nitrogens with zero attached hydrogens (tertiary/aromatic N) is 1. The molecule has 0 saturated carbocycles. The molecule has 1 amide bonds. The summed E-state index contributed by atoms with van der Waals surface area (Å²) >= 11 is 1.55. The van der Waals surface area contributed by atoms with Gasteiger partial charge in [-0.05, 0) is 37.8 Å². The van der Waals surface area contributed by atoms with E-state index in [-0.39, 0.29) is 24.8 Å². The van der Waals surface area contributed by atoms with Crippen LogP contribution in [-0.4, -0.2) is 48.0 Å². The zero-order valence-electron chi connectivity index (χ0n) is 15.3. The molecule has 140 valence electrons. The van der Waals surface area contributed by atoms with Crippen LogP contribution >= 0.6 is 11.3 Å². The van der Waals surface area contributed by atoms with Crippen LogP contribution in [0.3, 0.4) is 0 Å². The van der Waals surface area contributed by atoms with Gasteiger partial charge in [-0.15, -0.1) is 11.3 Å². The maximum Gasteiger partial charge on any atom is 0.355 e. The van der Waals surface area contributed by atoms with E-state index in [1.54, 1.807) is 39.2 Å². The normalized spacial score (nSPS) is 10.5. The van der Waals surface area contributed by atoms with Gasteiger partial charge in [0.2, 0.25) is 0 Å². The van der Waals surface area contributed by atoms with Gasteiger partial charge in [-0.25, -0.2) is 9.59 Å². The van der Waals surface area contributed by atoms with Gasteiger partial charge in [0.05, 0.1) is 18.7 Å². The Morgan fingerprint density at radius 2 is 1.92 bits per heavy atom. The van der Waals surface area contributed by atoms with E-state index in [2.05, 4.69) is 4.98 Å². The Bertz CT molecular complexity index is 795. The highest BCUT2D eigenvalue weighted by molar-refractivity contribution is 7.09. The third kappa shape index (κ3) is 4.51. The van der Waals surface area contributed by atoms with Crippen molar-refractivity contribution in [1.82, 2.24) is 9.88 Å². The number of aromatic nitrogens is 1. The quantitative estimate of drug-likeness (QED) is 0.749. The summed E-state index contributed by atoms with van der Waals surface area (Å²) in [6.07, 6.45) is 0. The maximum atomic E-state index is 12.3. The molecule has 0 bridgehead atoms. The van der Waals surface area contributed by atoms with Crippen molar-refractivity contribution in [3.8, 4) is 0 Å². The van der Waals surface area contributed by atoms with E-state index in [4.69, 9.17) is 9.47 Å². The first-order valence-electron chi connectivity index (χ1n) is 8.14. The molecule has 0 atom stereocenters. The van der Waals surface area contributed by atoms with Gasteiger partial charge in [-0.3, -0.25) is 4.79 Å². The molecular weight excluding hydrogens is 356 g/mol. The summed E-state index contributed by atoms with van der Waals surface area (Å²) in [6.45, 7) is 5.36. The predicted molar refractivity (Wildman–Crippen MR) is 97.3 cm³/mol. The van der Waals surface area contributed by atoms with E-state index in [1.165, 1.54) is 4.90 Å². The first-order chi connectivity index (χ1) is 12.3. The van der Waals surface area contributed by atoms with Gasteiger partial charge in [0, 0.05) is 17.6 Å². The molecule has 0 aromatic carbocycles. The summed E-state index contributed by atoms with van der Waals surface area (Å²) in [4.78, 5) is 41.8. The van der Waals surface area contributed by atoms with Crippen molar-refractivity contribution in [1.29, 1.82) is 0 Å². The van der Waals surface area contributed by atoms with Crippen LogP contribution in [0.15, 0.2) is 17.5 Å². The summed E-state index contributed by atoms with van der Waals surface area (Å²) in [5, 5.41) is 1.94. The van der Waals surface area contributed by atoms with Crippen molar-refractivity contribution in [3.63, 3.8) is 0 Å². The van der Waals surface area contributed by atoms with Gasteiger partial charge in [-0.1, -0.05) is 6.07 Å². The minimum atomic E-state index is -0.681. The molecule has 26 heavy (non-hydrogen) atoms. The van der Waals surface area contributed by atoms with E-state index in [0.29, 0.717) is 23.4 Å². The molecule has 0 aliphatic rings. The summed E-state index contributed by atoms with van der Waals surface area (Å²) < 4.78 is 10.1. The Morgan fingerprint density at radius 1 is 1.19 bits per heavy atom. The highest BCUT2D eigenvalue weighted by Crippen LogP contribution is 2.20. The van der Waals surface area contributed by atoms with Crippen LogP contribution in [0.1, 0.15) is 43.9 Å². The number of rotatable bonds is 7. The topological polar surface area (TPSA) is 88.7 Å². The van der Waals surface area contributed by atoms with Gasteiger partial charge >= 0.3 is 11.9 Å². The molecule has 2 aromatic rings. The number of hydrogen-bond acceptors (Lipinski definition) is 6. The van der Waals surface area contributed by atoms with E-state index >= 15 is 0 Å². The maximum absolute atomic E-state index is 12.3. The second-order valence-electron chi connectivity index (χ2n) is 5.75. The first kappa shape index (κ1) is 19.7. The summed E-state index contributed by atoms with van der Waals surface area (Å²) in [7, 11) is 1.65. The predicted octanol–water partition coefficient (Wildman–Crippen LogP) is 2.69. The number of esters is 2. The molecule has 0 fully saturated rings. The third-order valence-corrected chi connectivity index (χ3v) is 4.71. The van der Waals surface area contributed by atoms with Gasteiger partial charge in [0.25, 0.3) is 5.91 Å². The average molecular weight is 378 g/mol. The van der Waals surface area contributed by atoms with Crippen molar-refractivity contribution < 1.29 is 23.9 Å². The fraction of sp³-hybridized carbons (Fsp3) is 0.389. The lowest BCUT2D eigenvalue weighted by atomic mass is 10.1. The van der Waals surface area contributed by atoms with Gasteiger partial charge in [0.15, 0.2) is 6.61 Å². The van der Waals surface area contributed by atoms with Crippen LogP contribution in [0.2, 0.25) is 0 Å². The molecule has 8 heteroatoms. The lowest BCUT2D eigenvalue weighted by Gasteiger charge is -2.16. The molecule has 0 aliphatic heterocycles. The molecule has 0 aliphatic carbocycles. The minimum absolute atomic E-state index is 0.152. The average Bonchev–Trinajstić information content (AvgIpc) is 3.20. The van der Waals surface area contributed by atoms with Crippen molar-refractivity contribution in [2.24, 2.45) is 0 Å². The molecule has 7 nitrogen and oxygen atoms in total. The monoisotopic (exact) mass is 378 g/mol. The Hall–Kier alpha value is -2.61. The van der Waals surface area contributed by atoms with Crippen molar-refractivity contribution in [2.75, 3.05) is 20.3 Å². The van der Waals surface area contributed by atoms with Crippen LogP contribution in [0.25, 0.3) is 0 Å². The zero-order valence-corrected chi connectivity index (χ0v) is 16.1. The molecule has 2 rings (SSSR count). The molecule has 0 spiro atoms. The second kappa shape index (κ2) is 8.66. The number of likely N-dealkylation sites (N-methyl/N-ethyl adjacent to an activating group) is 1. The van der Waals surface area contributed by atoms with Gasteiger partial charge in [0.1, 0.15) is 5.69 Å². The SMILES string of the molecule is CCOC(=O)c1c(C)[nH]c(C(=O)OCC(=O)N(C)Cc2cccs2)c1C. The number of carbonyl (C=O) groups is 3. The molecule has 1 N–H and O–H groups in total. The van der Waals surface area contributed by atoms with Crippen LogP contribution in [0, 0.1) is 13.8 Å². The summed E-state index contributed by atoms with van der Waals surface area (Å²) in [5.74, 6) is -1.48. The summed E-state index contributed by atoms with van der Waals surface area (Å²) in [5.41, 5.74) is 1.44. The number of ether oxygens (including phenoxy) is 2. The molecule has 2 aromatic heterocycles. The molecule has 2 heterocycles. The highest BCUT2D eigenvalue weighted by atomic mass is 32.1. The van der Waals surface area contributed by atoms with Crippen LogP contribution in [0.5, 0.6) is 0 Å². The number of amides is 1. The Kier molecular flexibility index (Phi) is 6.57. The minimum Gasteiger partial charge on any atom is -0.462 e. The standard InChI is InChI=1S/C18H22N2O5S/c1-5-24-17(22)15-11(2)16(19-12(15)3)18(23)25-10-14(21)20(4)9-13-7-6-8-26-13/h6-8,19H,5,9-10H2,1-4H3. The number of aromatic amines is 1. The largest absolute Gasteiger partial charge is 0.462 e. The Morgan fingerprint density at radius 3 is 2.54 bits per heavy atom. The van der Waals surface area contributed by atoms with E-state index in [1.807, 2.05) is 17.5 Å². The molecule has 0 saturated heterocycles. The number of nitrogens with one attached hydrogen (secondary N) is 1. The van der Waals surface area contributed by atoms with Crippen LogP contribution in [0.4, 0.5) is 0 Å². The molecule has 0 radical (unpaired) electrons. The van der Waals surface area contributed by atoms with Gasteiger partial charge in [-0.2, -0.15) is 0 Å². The van der Waals surface area contributed by atoms with Crippen LogP contribution in [-0.2, 0) is 20.8 Å². The molecular formula is C18H22N2O5S. The second-order valence-corrected chi connectivity index (χ2v) is 6.78. The lowest BCUT2D eigenvalue weighted by Crippen LogP contribution is -2.30. The molecule has 0 unspecified atom stereocenters. The van der Waals surface area contributed by atoms with Gasteiger partial charge < -0.3 is 19.4 Å². The highest BCUT2D eigenvalue weighted by Gasteiger charge is 2.24. The zero-order chi connectivity index (χ0) is 19.3. The first-order valence-corrected chi connectivity index (χ1v) is 9.02. The fourth-order valence-corrected chi connectivity index (χ4v) is 3.25. The fourth-order valence-electron chi connectivity index (χ4n) is 2.50. The lowest BCUT2D eigenvalue weighted by molar-refractivity contribution is -0.133. The van der Waals surface area contributed by atoms with Crippen molar-refractivity contribution in [2.45, 2.75) is 27.3 Å². The van der Waals surface area contributed by atoms with Crippen molar-refractivity contribution in [3.05, 3.63) is 44.9 Å². The van der Waals surface area contributed by atoms with E-state index < -0.39 is 11.9 Å². The van der Waals surface area contributed by atoms with Crippen molar-refractivity contribution >= 4 is 29.2 Å². The Labute approximate surface area is 155 Å². The number of thiophene rings is 1. The number of carbonyl (C=O) groups excluding carboxylic acids is 3. The van der Waals surface area contributed by atoms with E-state index in [9.17, 15) is 14.4 Å².